The highest BCUT2D eigenvalue weighted by Gasteiger charge is 2.20. The van der Waals surface area contributed by atoms with Crippen LogP contribution in [0.5, 0.6) is 0 Å². The lowest BCUT2D eigenvalue weighted by atomic mass is 9.78. The highest BCUT2D eigenvalue weighted by atomic mass is 14.3. The molecule has 2 aliphatic carbocycles. The molecule has 0 unspecified atom stereocenters. The number of hydrogen-bond donors (Lipinski definition) is 0. The summed E-state index contributed by atoms with van der Waals surface area (Å²) in [5, 5.41) is 0. The molecule has 104 valence electrons. The van der Waals surface area contributed by atoms with E-state index in [2.05, 4.69) is 26.0 Å². The molecule has 0 saturated heterocycles. The van der Waals surface area contributed by atoms with Crippen LogP contribution in [0.2, 0.25) is 0 Å². The van der Waals surface area contributed by atoms with Crippen LogP contribution in [0, 0.1) is 23.7 Å². The summed E-state index contributed by atoms with van der Waals surface area (Å²) in [6.07, 6.45) is 19.7. The van der Waals surface area contributed by atoms with E-state index in [0.29, 0.717) is 0 Å². The monoisotopic (exact) mass is 248 g/mol. The Morgan fingerprint density at radius 2 is 1.28 bits per heavy atom. The molecule has 0 bridgehead atoms. The van der Waals surface area contributed by atoms with E-state index in [4.69, 9.17) is 0 Å². The van der Waals surface area contributed by atoms with Crippen LogP contribution in [0.1, 0.15) is 78.1 Å². The zero-order valence-corrected chi connectivity index (χ0v) is 12.5. The Hall–Kier alpha value is -0.260. The molecule has 2 fully saturated rings. The molecule has 0 nitrogen and oxygen atoms in total. The van der Waals surface area contributed by atoms with Gasteiger partial charge in [0.05, 0.1) is 0 Å². The van der Waals surface area contributed by atoms with E-state index in [1.165, 1.54) is 64.2 Å². The Balaban J connectivity index is 1.67. The number of hydrogen-bond acceptors (Lipinski definition) is 0. The van der Waals surface area contributed by atoms with Crippen LogP contribution in [-0.2, 0) is 0 Å². The SMILES string of the molecule is CCCC1CCC(C=CC2CCC(C)CC2)CC1. The lowest BCUT2D eigenvalue weighted by Gasteiger charge is -2.27. The van der Waals surface area contributed by atoms with Crippen LogP contribution in [0.4, 0.5) is 0 Å². The largest absolute Gasteiger partial charge is 0.0851 e. The van der Waals surface area contributed by atoms with Crippen LogP contribution in [0.25, 0.3) is 0 Å². The standard InChI is InChI=1S/C18H32/c1-3-4-16-9-11-18(12-10-16)14-13-17-7-5-15(2)6-8-17/h13-18H,3-12H2,1-2H3. The van der Waals surface area contributed by atoms with Gasteiger partial charge in [0.2, 0.25) is 0 Å². The fourth-order valence-electron chi connectivity index (χ4n) is 3.87. The molecule has 0 radical (unpaired) electrons. The van der Waals surface area contributed by atoms with Crippen LogP contribution < -0.4 is 0 Å². The molecule has 0 aromatic carbocycles. The van der Waals surface area contributed by atoms with Gasteiger partial charge in [-0.3, -0.25) is 0 Å². The summed E-state index contributed by atoms with van der Waals surface area (Å²) in [7, 11) is 0. The lowest BCUT2D eigenvalue weighted by Crippen LogP contribution is -2.14. The molecule has 0 amide bonds. The van der Waals surface area contributed by atoms with Crippen molar-refractivity contribution in [1.29, 1.82) is 0 Å². The molecule has 0 aromatic heterocycles. The van der Waals surface area contributed by atoms with Crippen molar-refractivity contribution in [2.24, 2.45) is 23.7 Å². The molecule has 0 heterocycles. The Morgan fingerprint density at radius 1 is 0.778 bits per heavy atom. The van der Waals surface area contributed by atoms with E-state index in [1.54, 1.807) is 0 Å². The first-order chi connectivity index (χ1) is 8.78. The zero-order valence-electron chi connectivity index (χ0n) is 12.5. The molecular weight excluding hydrogens is 216 g/mol. The molecule has 0 aliphatic heterocycles. The molecule has 0 aromatic rings. The first kappa shape index (κ1) is 14.2. The van der Waals surface area contributed by atoms with E-state index in [0.717, 1.165) is 23.7 Å². The summed E-state index contributed by atoms with van der Waals surface area (Å²) in [6.45, 7) is 4.74. The van der Waals surface area contributed by atoms with Crippen molar-refractivity contribution in [2.75, 3.05) is 0 Å². The lowest BCUT2D eigenvalue weighted by molar-refractivity contribution is 0.291. The van der Waals surface area contributed by atoms with Crippen molar-refractivity contribution in [3.05, 3.63) is 12.2 Å². The number of allylic oxidation sites excluding steroid dienone is 2. The van der Waals surface area contributed by atoms with Crippen molar-refractivity contribution in [2.45, 2.75) is 78.1 Å². The third kappa shape index (κ3) is 4.44. The van der Waals surface area contributed by atoms with Crippen molar-refractivity contribution < 1.29 is 0 Å². The Morgan fingerprint density at radius 3 is 1.78 bits per heavy atom. The average molecular weight is 248 g/mol. The Bertz CT molecular complexity index is 237. The molecule has 2 rings (SSSR count). The molecule has 0 heteroatoms. The van der Waals surface area contributed by atoms with Gasteiger partial charge in [-0.05, 0) is 62.2 Å². The smallest absolute Gasteiger partial charge is 0.0233 e. The molecule has 0 N–H and O–H groups in total. The van der Waals surface area contributed by atoms with Crippen LogP contribution >= 0.6 is 0 Å². The van der Waals surface area contributed by atoms with Crippen molar-refractivity contribution in [1.82, 2.24) is 0 Å². The van der Waals surface area contributed by atoms with Gasteiger partial charge in [0.25, 0.3) is 0 Å². The summed E-state index contributed by atoms with van der Waals surface area (Å²) >= 11 is 0. The van der Waals surface area contributed by atoms with Crippen molar-refractivity contribution in [3.8, 4) is 0 Å². The summed E-state index contributed by atoms with van der Waals surface area (Å²) in [5.41, 5.74) is 0. The normalized spacial score (nSPS) is 38.1. The second-order valence-corrected chi connectivity index (χ2v) is 6.97. The average Bonchev–Trinajstić information content (AvgIpc) is 2.40. The summed E-state index contributed by atoms with van der Waals surface area (Å²) in [5.74, 6) is 3.86. The molecule has 2 aliphatic rings. The zero-order chi connectivity index (χ0) is 12.8. The van der Waals surface area contributed by atoms with E-state index >= 15 is 0 Å². The minimum absolute atomic E-state index is 0.912. The van der Waals surface area contributed by atoms with Gasteiger partial charge >= 0.3 is 0 Å². The van der Waals surface area contributed by atoms with Gasteiger partial charge in [-0.15, -0.1) is 0 Å². The predicted molar refractivity (Wildman–Crippen MR) is 80.6 cm³/mol. The van der Waals surface area contributed by atoms with E-state index in [1.807, 2.05) is 0 Å². The second-order valence-electron chi connectivity index (χ2n) is 6.97. The summed E-state index contributed by atoms with van der Waals surface area (Å²) in [4.78, 5) is 0. The maximum atomic E-state index is 2.59. The quantitative estimate of drug-likeness (QED) is 0.537. The maximum absolute atomic E-state index is 2.59. The van der Waals surface area contributed by atoms with Gasteiger partial charge in [0, 0.05) is 0 Å². The first-order valence-electron chi connectivity index (χ1n) is 8.46. The minimum atomic E-state index is 0.912. The molecule has 0 atom stereocenters. The maximum Gasteiger partial charge on any atom is -0.0233 e. The van der Waals surface area contributed by atoms with Crippen LogP contribution in [-0.4, -0.2) is 0 Å². The van der Waals surface area contributed by atoms with E-state index in [-0.39, 0.29) is 0 Å². The molecular formula is C18H32. The Kier molecular flexibility index (Phi) is 5.79. The highest BCUT2D eigenvalue weighted by molar-refractivity contribution is 4.96. The summed E-state index contributed by atoms with van der Waals surface area (Å²) in [6, 6.07) is 0. The van der Waals surface area contributed by atoms with E-state index in [9.17, 15) is 0 Å². The second kappa shape index (κ2) is 7.36. The topological polar surface area (TPSA) is 0 Å². The van der Waals surface area contributed by atoms with Gasteiger partial charge in [-0.25, -0.2) is 0 Å². The third-order valence-electron chi connectivity index (χ3n) is 5.30. The van der Waals surface area contributed by atoms with E-state index < -0.39 is 0 Å². The molecule has 18 heavy (non-hydrogen) atoms. The van der Waals surface area contributed by atoms with Gasteiger partial charge in [0.1, 0.15) is 0 Å². The van der Waals surface area contributed by atoms with Crippen molar-refractivity contribution >= 4 is 0 Å². The summed E-state index contributed by atoms with van der Waals surface area (Å²) < 4.78 is 0. The predicted octanol–water partition coefficient (Wildman–Crippen LogP) is 5.98. The first-order valence-corrected chi connectivity index (χ1v) is 8.46. The van der Waals surface area contributed by atoms with Crippen LogP contribution in [0.15, 0.2) is 12.2 Å². The number of rotatable bonds is 4. The Labute approximate surface area is 114 Å². The highest BCUT2D eigenvalue weighted by Crippen LogP contribution is 2.34. The van der Waals surface area contributed by atoms with Crippen LogP contribution in [0.3, 0.4) is 0 Å². The molecule has 2 saturated carbocycles. The molecule has 0 spiro atoms. The van der Waals surface area contributed by atoms with Crippen molar-refractivity contribution in [3.63, 3.8) is 0 Å². The third-order valence-corrected chi connectivity index (χ3v) is 5.30. The van der Waals surface area contributed by atoms with Gasteiger partial charge < -0.3 is 0 Å². The fourth-order valence-corrected chi connectivity index (χ4v) is 3.87. The fraction of sp³-hybridized carbons (Fsp3) is 0.889. The minimum Gasteiger partial charge on any atom is -0.0851 e. The van der Waals surface area contributed by atoms with Gasteiger partial charge in [-0.1, -0.05) is 51.7 Å². The van der Waals surface area contributed by atoms with Gasteiger partial charge in [-0.2, -0.15) is 0 Å². The van der Waals surface area contributed by atoms with Gasteiger partial charge in [0.15, 0.2) is 0 Å².